The first-order valence-corrected chi connectivity index (χ1v) is 15.8. The minimum absolute atomic E-state index is 0.00100. The van der Waals surface area contributed by atoms with Crippen molar-refractivity contribution in [1.82, 2.24) is 5.32 Å². The molecule has 11 heteroatoms. The summed E-state index contributed by atoms with van der Waals surface area (Å²) >= 11 is 3.41. The van der Waals surface area contributed by atoms with Crippen LogP contribution in [-0.4, -0.2) is 34.8 Å². The fraction of sp³-hybridized carbons (Fsp3) is 0.0882. The fourth-order valence-corrected chi connectivity index (χ4v) is 6.01. The van der Waals surface area contributed by atoms with Gasteiger partial charge < -0.3 is 16.0 Å². The molecule has 0 aromatic heterocycles. The van der Waals surface area contributed by atoms with Gasteiger partial charge in [-0.2, -0.15) is 0 Å². The van der Waals surface area contributed by atoms with Gasteiger partial charge in [-0.3, -0.25) is 24.0 Å². The first-order valence-electron chi connectivity index (χ1n) is 13.8. The average Bonchev–Trinajstić information content (AvgIpc) is 3.30. The molecular formula is C34H27IN4O5S. The van der Waals surface area contributed by atoms with Crippen LogP contribution in [0.1, 0.15) is 29.3 Å². The molecule has 226 valence electrons. The molecule has 0 radical (unpaired) electrons. The van der Waals surface area contributed by atoms with Gasteiger partial charge in [0.25, 0.3) is 11.8 Å². The second-order valence-corrected chi connectivity index (χ2v) is 12.5. The summed E-state index contributed by atoms with van der Waals surface area (Å²) in [5.74, 6) is -1.79. The zero-order valence-electron chi connectivity index (χ0n) is 24.0. The van der Waals surface area contributed by atoms with Gasteiger partial charge in [0.2, 0.25) is 17.7 Å². The van der Waals surface area contributed by atoms with Crippen molar-refractivity contribution in [2.24, 2.45) is 0 Å². The second kappa shape index (κ2) is 14.4. The number of carbonyl (C=O) groups is 5. The van der Waals surface area contributed by atoms with Crippen LogP contribution in [0, 0.1) is 3.57 Å². The molecule has 0 bridgehead atoms. The number of rotatable bonds is 9. The number of halogens is 1. The monoisotopic (exact) mass is 730 g/mol. The highest BCUT2D eigenvalue weighted by molar-refractivity contribution is 14.1. The molecule has 1 aliphatic heterocycles. The van der Waals surface area contributed by atoms with Crippen molar-refractivity contribution in [3.8, 4) is 0 Å². The number of hydrogen-bond donors (Lipinski definition) is 3. The van der Waals surface area contributed by atoms with Crippen LogP contribution in [0.15, 0.2) is 114 Å². The molecule has 1 unspecified atom stereocenters. The van der Waals surface area contributed by atoms with E-state index in [0.717, 1.165) is 3.57 Å². The zero-order chi connectivity index (χ0) is 31.9. The Morgan fingerprint density at radius 1 is 0.844 bits per heavy atom. The van der Waals surface area contributed by atoms with Crippen molar-refractivity contribution in [2.45, 2.75) is 23.5 Å². The molecular weight excluding hydrogens is 703 g/mol. The van der Waals surface area contributed by atoms with Crippen LogP contribution in [0.3, 0.4) is 0 Å². The summed E-state index contributed by atoms with van der Waals surface area (Å²) in [6.07, 6.45) is 1.60. The molecule has 4 aromatic carbocycles. The van der Waals surface area contributed by atoms with E-state index in [-0.39, 0.29) is 29.8 Å². The largest absolute Gasteiger partial charge is 0.326 e. The fourth-order valence-electron chi connectivity index (χ4n) is 4.54. The maximum absolute atomic E-state index is 13.5. The topological polar surface area (TPSA) is 125 Å². The van der Waals surface area contributed by atoms with Crippen molar-refractivity contribution in [3.63, 3.8) is 0 Å². The standard InChI is InChI=1S/C34H27IN4O5S/c1-21(40)36-25-14-10-22(11-15-25)18-29(38-32(42)23-6-3-2-4-7-23)33(43)37-26-8-5-9-28(19-26)45-30-20-31(41)39(34(30)44)27-16-12-24(35)13-17-27/h2-19,30H,20H2,1H3,(H,36,40)(H,37,43)(H,38,42)/b29-18-. The third-order valence-corrected chi connectivity index (χ3v) is 8.53. The SMILES string of the molecule is CC(=O)Nc1ccc(/C=C(\NC(=O)c2ccccc2)C(=O)Nc2cccc(SC3CC(=O)N(c4ccc(I)cc4)C3=O)c2)cc1. The molecule has 5 amide bonds. The van der Waals surface area contributed by atoms with Gasteiger partial charge in [-0.25, -0.2) is 4.90 Å². The number of nitrogens with zero attached hydrogens (tertiary/aromatic N) is 1. The van der Waals surface area contributed by atoms with Crippen LogP contribution >= 0.6 is 34.4 Å². The summed E-state index contributed by atoms with van der Waals surface area (Å²) in [4.78, 5) is 65.7. The Morgan fingerprint density at radius 2 is 1.56 bits per heavy atom. The molecule has 0 spiro atoms. The quantitative estimate of drug-likeness (QED) is 0.109. The van der Waals surface area contributed by atoms with Crippen molar-refractivity contribution >= 4 is 87.0 Å². The highest BCUT2D eigenvalue weighted by Crippen LogP contribution is 2.35. The molecule has 0 saturated carbocycles. The van der Waals surface area contributed by atoms with Gasteiger partial charge >= 0.3 is 0 Å². The zero-order valence-corrected chi connectivity index (χ0v) is 26.9. The van der Waals surface area contributed by atoms with Gasteiger partial charge in [-0.05, 0) is 101 Å². The van der Waals surface area contributed by atoms with E-state index < -0.39 is 17.1 Å². The molecule has 5 rings (SSSR count). The Kier molecular flexibility index (Phi) is 10.1. The predicted octanol–water partition coefficient (Wildman–Crippen LogP) is 6.08. The third-order valence-electron chi connectivity index (χ3n) is 6.63. The molecule has 9 nitrogen and oxygen atoms in total. The molecule has 3 N–H and O–H groups in total. The third kappa shape index (κ3) is 8.25. The van der Waals surface area contributed by atoms with Crippen LogP contribution in [0.5, 0.6) is 0 Å². The van der Waals surface area contributed by atoms with Gasteiger partial charge in [0.05, 0.1) is 10.9 Å². The summed E-state index contributed by atoms with van der Waals surface area (Å²) in [6, 6.07) is 29.5. The van der Waals surface area contributed by atoms with Crippen LogP contribution in [0.2, 0.25) is 0 Å². The second-order valence-electron chi connectivity index (χ2n) is 10.0. The number of carbonyl (C=O) groups excluding carboxylic acids is 5. The lowest BCUT2D eigenvalue weighted by atomic mass is 10.1. The number of anilines is 3. The maximum Gasteiger partial charge on any atom is 0.272 e. The van der Waals surface area contributed by atoms with Gasteiger partial charge in [-0.1, -0.05) is 36.4 Å². The van der Waals surface area contributed by atoms with E-state index in [2.05, 4.69) is 38.5 Å². The summed E-state index contributed by atoms with van der Waals surface area (Å²) in [6.45, 7) is 1.41. The highest BCUT2D eigenvalue weighted by Gasteiger charge is 2.40. The summed E-state index contributed by atoms with van der Waals surface area (Å²) in [7, 11) is 0. The van der Waals surface area contributed by atoms with Crippen LogP contribution in [-0.2, 0) is 19.2 Å². The van der Waals surface area contributed by atoms with Crippen molar-refractivity contribution in [2.75, 3.05) is 15.5 Å². The van der Waals surface area contributed by atoms with E-state index >= 15 is 0 Å². The van der Waals surface area contributed by atoms with E-state index in [9.17, 15) is 24.0 Å². The number of imide groups is 1. The Bertz CT molecular complexity index is 1790. The molecule has 45 heavy (non-hydrogen) atoms. The number of amides is 5. The molecule has 1 fully saturated rings. The average molecular weight is 731 g/mol. The number of hydrogen-bond acceptors (Lipinski definition) is 6. The Labute approximate surface area is 277 Å². The molecule has 1 saturated heterocycles. The minimum Gasteiger partial charge on any atom is -0.326 e. The summed E-state index contributed by atoms with van der Waals surface area (Å²) in [5.41, 5.74) is 2.57. The molecule has 4 aromatic rings. The number of thioether (sulfide) groups is 1. The van der Waals surface area contributed by atoms with Crippen molar-refractivity contribution in [1.29, 1.82) is 0 Å². The summed E-state index contributed by atoms with van der Waals surface area (Å²) < 4.78 is 0.998. The van der Waals surface area contributed by atoms with E-state index in [0.29, 0.717) is 33.1 Å². The molecule has 0 aliphatic carbocycles. The van der Waals surface area contributed by atoms with Crippen LogP contribution in [0.4, 0.5) is 17.1 Å². The Balaban J connectivity index is 1.33. The van der Waals surface area contributed by atoms with Crippen molar-refractivity contribution < 1.29 is 24.0 Å². The normalized spacial score (nSPS) is 14.7. The molecule has 1 atom stereocenters. The van der Waals surface area contributed by atoms with Crippen LogP contribution in [0.25, 0.3) is 6.08 Å². The van der Waals surface area contributed by atoms with Gasteiger partial charge in [0, 0.05) is 38.7 Å². The summed E-state index contributed by atoms with van der Waals surface area (Å²) in [5, 5.41) is 7.61. The lowest BCUT2D eigenvalue weighted by Gasteiger charge is -2.15. The van der Waals surface area contributed by atoms with Gasteiger partial charge in [0.15, 0.2) is 0 Å². The predicted molar refractivity (Wildman–Crippen MR) is 184 cm³/mol. The number of nitrogens with one attached hydrogen (secondary N) is 3. The maximum atomic E-state index is 13.5. The lowest BCUT2D eigenvalue weighted by Crippen LogP contribution is -2.31. The Hall–Kier alpha value is -4.75. The Morgan fingerprint density at radius 3 is 2.24 bits per heavy atom. The van der Waals surface area contributed by atoms with E-state index in [4.69, 9.17) is 0 Å². The first-order chi connectivity index (χ1) is 21.7. The number of benzene rings is 4. The lowest BCUT2D eigenvalue weighted by molar-refractivity contribution is -0.121. The van der Waals surface area contributed by atoms with E-state index in [1.165, 1.54) is 29.7 Å². The van der Waals surface area contributed by atoms with Gasteiger partial charge in [0.1, 0.15) is 5.70 Å². The van der Waals surface area contributed by atoms with Gasteiger partial charge in [-0.15, -0.1) is 11.8 Å². The highest BCUT2D eigenvalue weighted by atomic mass is 127. The van der Waals surface area contributed by atoms with E-state index in [1.807, 2.05) is 12.1 Å². The van der Waals surface area contributed by atoms with Crippen LogP contribution < -0.4 is 20.9 Å². The molecule has 1 aliphatic rings. The first kappa shape index (κ1) is 31.7. The minimum atomic E-state index is -0.608. The van der Waals surface area contributed by atoms with Crippen molar-refractivity contribution in [3.05, 3.63) is 124 Å². The van der Waals surface area contributed by atoms with E-state index in [1.54, 1.807) is 91.0 Å². The molecule has 1 heterocycles. The smallest absolute Gasteiger partial charge is 0.272 e.